The number of nitrogens with one attached hydrogen (secondary N) is 1. The van der Waals surface area contributed by atoms with E-state index in [1.165, 1.54) is 0 Å². The summed E-state index contributed by atoms with van der Waals surface area (Å²) < 4.78 is 1.02. The molecule has 0 radical (unpaired) electrons. The molecule has 1 amide bonds. The number of rotatable bonds is 5. The van der Waals surface area contributed by atoms with E-state index in [0.29, 0.717) is 6.54 Å². The van der Waals surface area contributed by atoms with E-state index in [1.807, 2.05) is 39.8 Å². The van der Waals surface area contributed by atoms with Crippen molar-refractivity contribution in [2.24, 2.45) is 11.1 Å². The molecule has 1 aromatic carbocycles. The normalized spacial score (nSPS) is 11.5. The third-order valence-electron chi connectivity index (χ3n) is 3.96. The van der Waals surface area contributed by atoms with Crippen LogP contribution in [0.2, 0.25) is 0 Å². The summed E-state index contributed by atoms with van der Waals surface area (Å²) in [7, 11) is 0. The van der Waals surface area contributed by atoms with Crippen molar-refractivity contribution in [3.63, 3.8) is 0 Å². The van der Waals surface area contributed by atoms with E-state index < -0.39 is 5.41 Å². The first-order valence-electron chi connectivity index (χ1n) is 6.68. The van der Waals surface area contributed by atoms with Crippen LogP contribution in [0.1, 0.15) is 37.8 Å². The topological polar surface area (TPSA) is 55.1 Å². The fraction of sp³-hybridized carbons (Fsp3) is 0.533. The molecule has 0 bridgehead atoms. The molecule has 0 atom stereocenters. The first-order chi connectivity index (χ1) is 8.90. The van der Waals surface area contributed by atoms with Crippen molar-refractivity contribution in [2.45, 2.75) is 40.5 Å². The van der Waals surface area contributed by atoms with E-state index in [1.54, 1.807) is 0 Å². The maximum Gasteiger partial charge on any atom is 0.231 e. The fourth-order valence-corrected chi connectivity index (χ4v) is 2.99. The summed E-state index contributed by atoms with van der Waals surface area (Å²) >= 11 is 3.46. The summed E-state index contributed by atoms with van der Waals surface area (Å²) in [6.45, 7) is 8.39. The Kier molecular flexibility index (Phi) is 5.56. The van der Waals surface area contributed by atoms with E-state index in [4.69, 9.17) is 5.73 Å². The number of halogens is 1. The Bertz CT molecular complexity index is 436. The van der Waals surface area contributed by atoms with Gasteiger partial charge in [-0.25, -0.2) is 0 Å². The van der Waals surface area contributed by atoms with Crippen LogP contribution in [0.15, 0.2) is 16.6 Å². The van der Waals surface area contributed by atoms with Crippen molar-refractivity contribution in [3.8, 4) is 0 Å². The molecule has 0 spiro atoms. The number of carbonyl (C=O) groups excluding carboxylic acids is 1. The summed E-state index contributed by atoms with van der Waals surface area (Å²) in [6, 6.07) is 4.01. The number of hydrogen-bond acceptors (Lipinski definition) is 2. The SMILES string of the molecule is CCC(CC)(CN)C(=O)Nc1c(C)cc(Br)cc1C. The van der Waals surface area contributed by atoms with Gasteiger partial charge in [0.2, 0.25) is 5.91 Å². The molecular weight excluding hydrogens is 304 g/mol. The number of nitrogens with two attached hydrogens (primary N) is 1. The lowest BCUT2D eigenvalue weighted by molar-refractivity contribution is -0.125. The van der Waals surface area contributed by atoms with Gasteiger partial charge >= 0.3 is 0 Å². The van der Waals surface area contributed by atoms with Crippen LogP contribution < -0.4 is 11.1 Å². The number of anilines is 1. The minimum Gasteiger partial charge on any atom is -0.329 e. The molecule has 0 aliphatic heterocycles. The molecule has 0 unspecified atom stereocenters. The summed E-state index contributed by atoms with van der Waals surface area (Å²) in [5, 5.41) is 3.06. The van der Waals surface area contributed by atoms with Crippen molar-refractivity contribution in [1.29, 1.82) is 0 Å². The molecule has 1 aromatic rings. The van der Waals surface area contributed by atoms with Crippen molar-refractivity contribution >= 4 is 27.5 Å². The Balaban J connectivity index is 3.06. The smallest absolute Gasteiger partial charge is 0.231 e. The van der Waals surface area contributed by atoms with Crippen molar-refractivity contribution in [3.05, 3.63) is 27.7 Å². The summed E-state index contributed by atoms with van der Waals surface area (Å²) in [5.74, 6) is 0.0218. The minimum absolute atomic E-state index is 0.0218. The standard InChI is InChI=1S/C15H23BrN2O/c1-5-15(6-2,9-17)14(19)18-13-10(3)7-12(16)8-11(13)4/h7-8H,5-6,9,17H2,1-4H3,(H,18,19). The van der Waals surface area contributed by atoms with E-state index in [2.05, 4.69) is 21.2 Å². The molecule has 3 N–H and O–H groups in total. The van der Waals surface area contributed by atoms with Crippen LogP contribution in [0, 0.1) is 19.3 Å². The lowest BCUT2D eigenvalue weighted by Gasteiger charge is -2.29. The molecular formula is C15H23BrN2O. The van der Waals surface area contributed by atoms with Gasteiger partial charge in [0.15, 0.2) is 0 Å². The number of aryl methyl sites for hydroxylation is 2. The van der Waals surface area contributed by atoms with E-state index >= 15 is 0 Å². The number of amides is 1. The van der Waals surface area contributed by atoms with E-state index in [-0.39, 0.29) is 5.91 Å². The average Bonchev–Trinajstić information content (AvgIpc) is 2.36. The number of carbonyl (C=O) groups is 1. The maximum atomic E-state index is 12.5. The van der Waals surface area contributed by atoms with Crippen LogP contribution in [-0.2, 0) is 4.79 Å². The summed E-state index contributed by atoms with van der Waals surface area (Å²) in [6.07, 6.45) is 1.50. The van der Waals surface area contributed by atoms with Crippen LogP contribution in [-0.4, -0.2) is 12.5 Å². The lowest BCUT2D eigenvalue weighted by atomic mass is 9.81. The molecule has 0 aliphatic rings. The van der Waals surface area contributed by atoms with Crippen molar-refractivity contribution < 1.29 is 4.79 Å². The molecule has 3 nitrogen and oxygen atoms in total. The monoisotopic (exact) mass is 326 g/mol. The fourth-order valence-electron chi connectivity index (χ4n) is 2.31. The molecule has 4 heteroatoms. The highest BCUT2D eigenvalue weighted by Gasteiger charge is 2.33. The van der Waals surface area contributed by atoms with Gasteiger partial charge in [0, 0.05) is 16.7 Å². The van der Waals surface area contributed by atoms with Crippen LogP contribution in [0.3, 0.4) is 0 Å². The van der Waals surface area contributed by atoms with Gasteiger partial charge in [0.1, 0.15) is 0 Å². The van der Waals surface area contributed by atoms with Crippen LogP contribution in [0.5, 0.6) is 0 Å². The quantitative estimate of drug-likeness (QED) is 0.865. The van der Waals surface area contributed by atoms with Crippen molar-refractivity contribution in [2.75, 3.05) is 11.9 Å². The van der Waals surface area contributed by atoms with Gasteiger partial charge in [-0.2, -0.15) is 0 Å². The molecule has 106 valence electrons. The Morgan fingerprint density at radius 1 is 1.26 bits per heavy atom. The molecule has 0 fully saturated rings. The minimum atomic E-state index is -0.466. The highest BCUT2D eigenvalue weighted by molar-refractivity contribution is 9.10. The Hall–Kier alpha value is -0.870. The van der Waals surface area contributed by atoms with Gasteiger partial charge in [0.25, 0.3) is 0 Å². The van der Waals surface area contributed by atoms with Crippen LogP contribution >= 0.6 is 15.9 Å². The zero-order valence-electron chi connectivity index (χ0n) is 12.1. The van der Waals surface area contributed by atoms with Gasteiger partial charge in [-0.05, 0) is 49.9 Å². The zero-order chi connectivity index (χ0) is 14.6. The zero-order valence-corrected chi connectivity index (χ0v) is 13.7. The molecule has 0 saturated carbocycles. The van der Waals surface area contributed by atoms with Gasteiger partial charge in [-0.15, -0.1) is 0 Å². The van der Waals surface area contributed by atoms with Crippen LogP contribution in [0.4, 0.5) is 5.69 Å². The van der Waals surface area contributed by atoms with E-state index in [0.717, 1.165) is 34.1 Å². The van der Waals surface area contributed by atoms with Gasteiger partial charge in [0.05, 0.1) is 5.41 Å². The predicted octanol–water partition coefficient (Wildman–Crippen LogP) is 3.77. The number of hydrogen-bond donors (Lipinski definition) is 2. The Morgan fingerprint density at radius 3 is 2.11 bits per heavy atom. The average molecular weight is 327 g/mol. The van der Waals surface area contributed by atoms with Gasteiger partial charge in [-0.3, -0.25) is 4.79 Å². The summed E-state index contributed by atoms with van der Waals surface area (Å²) in [5.41, 5.74) is 8.35. The maximum absolute atomic E-state index is 12.5. The lowest BCUT2D eigenvalue weighted by Crippen LogP contribution is -2.41. The highest BCUT2D eigenvalue weighted by Crippen LogP contribution is 2.30. The second kappa shape index (κ2) is 6.53. The van der Waals surface area contributed by atoms with Crippen molar-refractivity contribution in [1.82, 2.24) is 0 Å². The molecule has 0 saturated heterocycles. The second-order valence-electron chi connectivity index (χ2n) is 5.06. The largest absolute Gasteiger partial charge is 0.329 e. The highest BCUT2D eigenvalue weighted by atomic mass is 79.9. The summed E-state index contributed by atoms with van der Waals surface area (Å²) in [4.78, 5) is 12.5. The predicted molar refractivity (Wildman–Crippen MR) is 84.3 cm³/mol. The molecule has 0 aliphatic carbocycles. The molecule has 19 heavy (non-hydrogen) atoms. The first kappa shape index (κ1) is 16.2. The second-order valence-corrected chi connectivity index (χ2v) is 5.98. The molecule has 1 rings (SSSR count). The van der Waals surface area contributed by atoms with E-state index in [9.17, 15) is 4.79 Å². The van der Waals surface area contributed by atoms with Gasteiger partial charge in [-0.1, -0.05) is 29.8 Å². The van der Waals surface area contributed by atoms with Crippen LogP contribution in [0.25, 0.3) is 0 Å². The van der Waals surface area contributed by atoms with Gasteiger partial charge < -0.3 is 11.1 Å². The molecule has 0 heterocycles. The third kappa shape index (κ3) is 3.37. The first-order valence-corrected chi connectivity index (χ1v) is 7.47. The Labute approximate surface area is 124 Å². The third-order valence-corrected chi connectivity index (χ3v) is 4.42. The molecule has 0 aromatic heterocycles. The Morgan fingerprint density at radius 2 is 1.74 bits per heavy atom. The number of benzene rings is 1.